The van der Waals surface area contributed by atoms with Gasteiger partial charge in [-0.3, -0.25) is 4.79 Å². The predicted molar refractivity (Wildman–Crippen MR) is 97.1 cm³/mol. The number of fused-ring (bicyclic) bond motifs is 3. The number of aromatic amines is 1. The van der Waals surface area contributed by atoms with Crippen molar-refractivity contribution >= 4 is 16.8 Å². The van der Waals surface area contributed by atoms with Crippen molar-refractivity contribution in [3.63, 3.8) is 0 Å². The zero-order valence-corrected chi connectivity index (χ0v) is 14.1. The highest BCUT2D eigenvalue weighted by Crippen LogP contribution is 2.38. The van der Waals surface area contributed by atoms with Crippen molar-refractivity contribution in [3.8, 4) is 0 Å². The molecule has 0 spiro atoms. The van der Waals surface area contributed by atoms with Crippen LogP contribution in [-0.4, -0.2) is 22.3 Å². The normalized spacial score (nSPS) is 17.3. The number of rotatable bonds is 2. The smallest absolute Gasteiger partial charge is 0.254 e. The number of para-hydroxylation sites is 1. The van der Waals surface area contributed by atoms with Crippen LogP contribution in [0.4, 0.5) is 0 Å². The van der Waals surface area contributed by atoms with E-state index in [-0.39, 0.29) is 11.9 Å². The molecule has 0 fully saturated rings. The second-order valence-corrected chi connectivity index (χ2v) is 6.87. The fourth-order valence-electron chi connectivity index (χ4n) is 3.94. The maximum Gasteiger partial charge on any atom is 0.254 e. The Labute approximate surface area is 142 Å². The molecule has 1 aliphatic heterocycles. The van der Waals surface area contributed by atoms with Gasteiger partial charge in [0.2, 0.25) is 0 Å². The number of carbonyl (C=O) groups excluding carboxylic acids is 1. The van der Waals surface area contributed by atoms with Crippen molar-refractivity contribution in [2.45, 2.75) is 26.3 Å². The Morgan fingerprint density at radius 1 is 1.08 bits per heavy atom. The lowest BCUT2D eigenvalue weighted by Crippen LogP contribution is -2.42. The van der Waals surface area contributed by atoms with Gasteiger partial charge in [-0.25, -0.2) is 0 Å². The summed E-state index contributed by atoms with van der Waals surface area (Å²) in [5, 5.41) is 1.30. The van der Waals surface area contributed by atoms with Crippen LogP contribution in [0, 0.1) is 5.92 Å². The third kappa shape index (κ3) is 2.32. The summed E-state index contributed by atoms with van der Waals surface area (Å²) >= 11 is 0. The molecule has 2 aromatic carbocycles. The number of amides is 1. The summed E-state index contributed by atoms with van der Waals surface area (Å²) < 4.78 is 0. The van der Waals surface area contributed by atoms with Gasteiger partial charge in [0.05, 0.1) is 6.04 Å². The summed E-state index contributed by atoms with van der Waals surface area (Å²) in [6, 6.07) is 18.1. The molecule has 1 amide bonds. The van der Waals surface area contributed by atoms with E-state index in [1.807, 2.05) is 35.2 Å². The molecule has 24 heavy (non-hydrogen) atoms. The maximum absolute atomic E-state index is 13.1. The highest BCUT2D eigenvalue weighted by atomic mass is 16.2. The van der Waals surface area contributed by atoms with Crippen molar-refractivity contribution in [1.29, 1.82) is 0 Å². The Balaban J connectivity index is 1.79. The van der Waals surface area contributed by atoms with E-state index in [0.717, 1.165) is 18.5 Å². The van der Waals surface area contributed by atoms with Crippen LogP contribution >= 0.6 is 0 Å². The molecule has 0 bridgehead atoms. The average Bonchev–Trinajstić information content (AvgIpc) is 2.99. The number of H-pyrrole nitrogens is 1. The molecule has 3 aromatic rings. The number of nitrogens with zero attached hydrogens (tertiary/aromatic N) is 1. The van der Waals surface area contributed by atoms with Crippen LogP contribution in [0.5, 0.6) is 0 Å². The van der Waals surface area contributed by atoms with E-state index in [1.165, 1.54) is 22.2 Å². The van der Waals surface area contributed by atoms with Crippen molar-refractivity contribution in [2.24, 2.45) is 5.92 Å². The van der Waals surface area contributed by atoms with Crippen molar-refractivity contribution in [2.75, 3.05) is 6.54 Å². The van der Waals surface area contributed by atoms with E-state index < -0.39 is 0 Å². The monoisotopic (exact) mass is 318 g/mol. The van der Waals surface area contributed by atoms with Crippen LogP contribution in [0.3, 0.4) is 0 Å². The second-order valence-electron chi connectivity index (χ2n) is 6.87. The number of nitrogens with one attached hydrogen (secondary N) is 1. The van der Waals surface area contributed by atoms with Crippen LogP contribution in [0.1, 0.15) is 41.5 Å². The molecular weight excluding hydrogens is 296 g/mol. The van der Waals surface area contributed by atoms with Crippen molar-refractivity contribution < 1.29 is 4.79 Å². The summed E-state index contributed by atoms with van der Waals surface area (Å²) in [5.41, 5.74) is 4.52. The van der Waals surface area contributed by atoms with Gasteiger partial charge >= 0.3 is 0 Å². The maximum atomic E-state index is 13.1. The van der Waals surface area contributed by atoms with Gasteiger partial charge in [-0.1, -0.05) is 50.2 Å². The summed E-state index contributed by atoms with van der Waals surface area (Å²) in [4.78, 5) is 18.7. The van der Waals surface area contributed by atoms with Crippen molar-refractivity contribution in [3.05, 3.63) is 71.4 Å². The van der Waals surface area contributed by atoms with Crippen LogP contribution < -0.4 is 0 Å². The molecule has 3 heteroatoms. The first-order chi connectivity index (χ1) is 11.7. The molecule has 0 aliphatic carbocycles. The van der Waals surface area contributed by atoms with E-state index in [1.54, 1.807) is 0 Å². The number of hydrogen-bond acceptors (Lipinski definition) is 1. The van der Waals surface area contributed by atoms with Gasteiger partial charge in [-0.2, -0.15) is 0 Å². The molecule has 0 radical (unpaired) electrons. The molecule has 1 unspecified atom stereocenters. The molecule has 2 heterocycles. The Kier molecular flexibility index (Phi) is 3.64. The van der Waals surface area contributed by atoms with Gasteiger partial charge in [0, 0.05) is 28.7 Å². The fraction of sp³-hybridized carbons (Fsp3) is 0.286. The first-order valence-corrected chi connectivity index (χ1v) is 8.62. The minimum atomic E-state index is 0.0915. The van der Waals surface area contributed by atoms with Gasteiger partial charge < -0.3 is 9.88 Å². The molecule has 1 N–H and O–H groups in total. The number of benzene rings is 2. The summed E-state index contributed by atoms with van der Waals surface area (Å²) in [6.45, 7) is 5.15. The molecule has 0 saturated heterocycles. The molecular formula is C21H22N2O. The first-order valence-electron chi connectivity index (χ1n) is 8.62. The van der Waals surface area contributed by atoms with E-state index in [0.29, 0.717) is 5.92 Å². The van der Waals surface area contributed by atoms with Crippen LogP contribution in [0.2, 0.25) is 0 Å². The SMILES string of the molecule is CC(C)C1c2[nH]c3ccccc3c2CCN1C(=O)c1ccccc1. The topological polar surface area (TPSA) is 36.1 Å². The molecule has 4 rings (SSSR count). The van der Waals surface area contributed by atoms with E-state index in [4.69, 9.17) is 0 Å². The first kappa shape index (κ1) is 15.0. The van der Waals surface area contributed by atoms with Crippen LogP contribution in [0.15, 0.2) is 54.6 Å². The Bertz CT molecular complexity index is 879. The van der Waals surface area contributed by atoms with Gasteiger partial charge in [-0.15, -0.1) is 0 Å². The molecule has 1 aliphatic rings. The lowest BCUT2D eigenvalue weighted by Gasteiger charge is -2.38. The lowest BCUT2D eigenvalue weighted by atomic mass is 9.90. The Hall–Kier alpha value is -2.55. The summed E-state index contributed by atoms with van der Waals surface area (Å²) in [6.07, 6.45) is 0.904. The van der Waals surface area contributed by atoms with Gasteiger partial charge in [0.1, 0.15) is 0 Å². The van der Waals surface area contributed by atoms with E-state index in [2.05, 4.69) is 43.1 Å². The summed E-state index contributed by atoms with van der Waals surface area (Å²) in [5.74, 6) is 0.475. The van der Waals surface area contributed by atoms with Crippen molar-refractivity contribution in [1.82, 2.24) is 9.88 Å². The van der Waals surface area contributed by atoms with E-state index >= 15 is 0 Å². The predicted octanol–water partition coefficient (Wildman–Crippen LogP) is 4.56. The largest absolute Gasteiger partial charge is 0.356 e. The number of hydrogen-bond donors (Lipinski definition) is 1. The zero-order valence-electron chi connectivity index (χ0n) is 14.1. The van der Waals surface area contributed by atoms with Gasteiger partial charge in [0.15, 0.2) is 0 Å². The molecule has 1 aromatic heterocycles. The molecule has 1 atom stereocenters. The standard InChI is InChI=1S/C21H22N2O/c1-14(2)20-19-17(16-10-6-7-11-18(16)22-19)12-13-23(20)21(24)15-8-4-3-5-9-15/h3-11,14,20,22H,12-13H2,1-2H3. The second kappa shape index (κ2) is 5.82. The summed E-state index contributed by atoms with van der Waals surface area (Å²) in [7, 11) is 0. The fourth-order valence-corrected chi connectivity index (χ4v) is 3.94. The average molecular weight is 318 g/mol. The minimum Gasteiger partial charge on any atom is -0.356 e. The van der Waals surface area contributed by atoms with E-state index in [9.17, 15) is 4.79 Å². The number of carbonyl (C=O) groups is 1. The quantitative estimate of drug-likeness (QED) is 0.738. The minimum absolute atomic E-state index is 0.0915. The third-order valence-electron chi connectivity index (χ3n) is 4.99. The molecule has 122 valence electrons. The lowest BCUT2D eigenvalue weighted by molar-refractivity contribution is 0.0598. The Morgan fingerprint density at radius 3 is 2.54 bits per heavy atom. The zero-order chi connectivity index (χ0) is 16.7. The molecule has 3 nitrogen and oxygen atoms in total. The number of aromatic nitrogens is 1. The highest BCUT2D eigenvalue weighted by Gasteiger charge is 2.35. The highest BCUT2D eigenvalue weighted by molar-refractivity contribution is 5.95. The van der Waals surface area contributed by atoms with Crippen LogP contribution in [0.25, 0.3) is 10.9 Å². The Morgan fingerprint density at radius 2 is 1.79 bits per heavy atom. The van der Waals surface area contributed by atoms with Gasteiger partial charge in [0.25, 0.3) is 5.91 Å². The molecule has 0 saturated carbocycles. The third-order valence-corrected chi connectivity index (χ3v) is 4.99. The van der Waals surface area contributed by atoms with Gasteiger partial charge in [-0.05, 0) is 36.1 Å². The van der Waals surface area contributed by atoms with Crippen LogP contribution in [-0.2, 0) is 6.42 Å².